The van der Waals surface area contributed by atoms with E-state index in [0.717, 1.165) is 11.3 Å². The second kappa shape index (κ2) is 9.53. The van der Waals surface area contributed by atoms with Gasteiger partial charge in [0.15, 0.2) is 6.61 Å². The van der Waals surface area contributed by atoms with E-state index in [4.69, 9.17) is 4.74 Å². The van der Waals surface area contributed by atoms with Crippen molar-refractivity contribution in [2.45, 2.75) is 24.8 Å². The number of hydrogen-bond acceptors (Lipinski definition) is 8. The molecule has 0 unspecified atom stereocenters. The Hall–Kier alpha value is -1.63. The summed E-state index contributed by atoms with van der Waals surface area (Å²) in [6, 6.07) is 0.495. The number of carbonyl (C=O) groups excluding carboxylic acids is 3. The van der Waals surface area contributed by atoms with E-state index in [1.165, 1.54) is 15.8 Å². The minimum absolute atomic E-state index is 0.0901. The van der Waals surface area contributed by atoms with Crippen LogP contribution >= 0.6 is 23.1 Å². The molecule has 2 rings (SSSR count). The standard InChI is InChI=1S/C15H21N3O6S3/c1-10(2)16-15(21)17-12(19)9-24-14(20)13-11(3-6-26-13)27(22,23)18-4-7-25-8-5-18/h3,6,10H,4-5,7-9H2,1-2H3,(H2,16,17,19,21). The van der Waals surface area contributed by atoms with Gasteiger partial charge in [0.25, 0.3) is 5.91 Å². The van der Waals surface area contributed by atoms with Gasteiger partial charge in [0.05, 0.1) is 0 Å². The Morgan fingerprint density at radius 1 is 1.26 bits per heavy atom. The molecule has 1 aliphatic heterocycles. The third kappa shape index (κ3) is 5.92. The third-order valence-corrected chi connectivity index (χ3v) is 7.32. The quantitative estimate of drug-likeness (QED) is 0.636. The van der Waals surface area contributed by atoms with Gasteiger partial charge in [-0.05, 0) is 25.3 Å². The van der Waals surface area contributed by atoms with E-state index < -0.39 is 34.5 Å². The van der Waals surface area contributed by atoms with Gasteiger partial charge in [-0.2, -0.15) is 16.1 Å². The molecule has 1 saturated heterocycles. The van der Waals surface area contributed by atoms with Crippen molar-refractivity contribution in [3.05, 3.63) is 16.3 Å². The largest absolute Gasteiger partial charge is 0.451 e. The zero-order valence-electron chi connectivity index (χ0n) is 14.9. The summed E-state index contributed by atoms with van der Waals surface area (Å²) >= 11 is 2.60. The Labute approximate surface area is 165 Å². The molecule has 0 spiro atoms. The van der Waals surface area contributed by atoms with Crippen LogP contribution in [0.25, 0.3) is 0 Å². The number of nitrogens with zero attached hydrogens (tertiary/aromatic N) is 1. The molecule has 0 bridgehead atoms. The number of urea groups is 1. The molecule has 1 aromatic rings. The molecule has 1 aliphatic rings. The van der Waals surface area contributed by atoms with Gasteiger partial charge in [0.2, 0.25) is 10.0 Å². The number of amides is 3. The third-order valence-electron chi connectivity index (χ3n) is 3.41. The fourth-order valence-electron chi connectivity index (χ4n) is 2.23. The molecule has 3 amide bonds. The number of thiophene rings is 1. The molecule has 0 saturated carbocycles. The number of sulfonamides is 1. The van der Waals surface area contributed by atoms with E-state index in [-0.39, 0.29) is 15.8 Å². The first-order chi connectivity index (χ1) is 12.7. The van der Waals surface area contributed by atoms with Gasteiger partial charge in [0.1, 0.15) is 9.77 Å². The van der Waals surface area contributed by atoms with Crippen LogP contribution in [0.5, 0.6) is 0 Å². The summed E-state index contributed by atoms with van der Waals surface area (Å²) in [7, 11) is -3.80. The molecule has 0 atom stereocenters. The Balaban J connectivity index is 1.99. The van der Waals surface area contributed by atoms with Gasteiger partial charge in [-0.25, -0.2) is 18.0 Å². The molecular weight excluding hydrogens is 414 g/mol. The van der Waals surface area contributed by atoms with Gasteiger partial charge in [-0.15, -0.1) is 11.3 Å². The second-order valence-corrected chi connectivity index (χ2v) is 9.93. The molecular formula is C15H21N3O6S3. The highest BCUT2D eigenvalue weighted by Crippen LogP contribution is 2.27. The average molecular weight is 436 g/mol. The number of esters is 1. The van der Waals surface area contributed by atoms with Gasteiger partial charge in [-0.1, -0.05) is 0 Å². The monoisotopic (exact) mass is 435 g/mol. The first-order valence-corrected chi connectivity index (χ1v) is 11.6. The van der Waals surface area contributed by atoms with Crippen LogP contribution < -0.4 is 10.6 Å². The summed E-state index contributed by atoms with van der Waals surface area (Å²) in [5.74, 6) is -0.339. The van der Waals surface area contributed by atoms with Crippen molar-refractivity contribution in [3.63, 3.8) is 0 Å². The number of thioether (sulfide) groups is 1. The zero-order valence-corrected chi connectivity index (χ0v) is 17.3. The highest BCUT2D eigenvalue weighted by atomic mass is 32.2. The first kappa shape index (κ1) is 21.7. The first-order valence-electron chi connectivity index (χ1n) is 8.14. The lowest BCUT2D eigenvalue weighted by Gasteiger charge is -2.25. The van der Waals surface area contributed by atoms with Crippen LogP contribution in [0, 0.1) is 0 Å². The summed E-state index contributed by atoms with van der Waals surface area (Å²) in [4.78, 5) is 35.1. The maximum Gasteiger partial charge on any atom is 0.350 e. The normalized spacial score (nSPS) is 15.4. The lowest BCUT2D eigenvalue weighted by atomic mass is 10.4. The summed E-state index contributed by atoms with van der Waals surface area (Å²) in [5.41, 5.74) is 0. The van der Waals surface area contributed by atoms with Crippen LogP contribution in [0.15, 0.2) is 16.3 Å². The number of nitrogens with one attached hydrogen (secondary N) is 2. The smallest absolute Gasteiger partial charge is 0.350 e. The predicted molar refractivity (Wildman–Crippen MR) is 102 cm³/mol. The summed E-state index contributed by atoms with van der Waals surface area (Å²) in [5, 5.41) is 5.96. The summed E-state index contributed by atoms with van der Waals surface area (Å²) < 4.78 is 31.7. The van der Waals surface area contributed by atoms with Crippen molar-refractivity contribution >= 4 is 51.0 Å². The van der Waals surface area contributed by atoms with Crippen LogP contribution in [0.4, 0.5) is 4.79 Å². The Bertz CT molecular complexity index is 799. The van der Waals surface area contributed by atoms with Crippen molar-refractivity contribution in [1.82, 2.24) is 14.9 Å². The van der Waals surface area contributed by atoms with Crippen LogP contribution in [0.1, 0.15) is 23.5 Å². The summed E-state index contributed by atoms with van der Waals surface area (Å²) in [6.45, 7) is 3.52. The van der Waals surface area contributed by atoms with Crippen molar-refractivity contribution in [1.29, 1.82) is 0 Å². The number of hydrogen-bond donors (Lipinski definition) is 2. The van der Waals surface area contributed by atoms with Crippen molar-refractivity contribution in [2.24, 2.45) is 0 Å². The number of ether oxygens (including phenoxy) is 1. The van der Waals surface area contributed by atoms with Crippen LogP contribution in [0.3, 0.4) is 0 Å². The van der Waals surface area contributed by atoms with Crippen molar-refractivity contribution < 1.29 is 27.5 Å². The highest BCUT2D eigenvalue weighted by Gasteiger charge is 2.31. The number of imide groups is 1. The fraction of sp³-hybridized carbons (Fsp3) is 0.533. The number of rotatable bonds is 6. The average Bonchev–Trinajstić information content (AvgIpc) is 3.10. The van der Waals surface area contributed by atoms with E-state index in [1.54, 1.807) is 25.6 Å². The van der Waals surface area contributed by atoms with E-state index >= 15 is 0 Å². The molecule has 0 aromatic carbocycles. The molecule has 2 N–H and O–H groups in total. The van der Waals surface area contributed by atoms with Crippen LogP contribution in [-0.4, -0.2) is 67.9 Å². The molecule has 1 fully saturated rings. The van der Waals surface area contributed by atoms with Crippen molar-refractivity contribution in [2.75, 3.05) is 31.2 Å². The summed E-state index contributed by atoms with van der Waals surface area (Å²) in [6.07, 6.45) is 0. The van der Waals surface area contributed by atoms with E-state index in [0.29, 0.717) is 24.6 Å². The Morgan fingerprint density at radius 2 is 1.93 bits per heavy atom. The lowest BCUT2D eigenvalue weighted by molar-refractivity contribution is -0.123. The Kier molecular flexibility index (Phi) is 7.65. The Morgan fingerprint density at radius 3 is 2.56 bits per heavy atom. The molecule has 0 aliphatic carbocycles. The van der Waals surface area contributed by atoms with E-state index in [1.807, 2.05) is 5.32 Å². The van der Waals surface area contributed by atoms with Gasteiger partial charge in [-0.3, -0.25) is 10.1 Å². The molecule has 12 heteroatoms. The SMILES string of the molecule is CC(C)NC(=O)NC(=O)COC(=O)c1sccc1S(=O)(=O)N1CCSCC1. The minimum Gasteiger partial charge on any atom is -0.451 e. The minimum atomic E-state index is -3.80. The van der Waals surface area contributed by atoms with Crippen LogP contribution in [-0.2, 0) is 19.6 Å². The maximum absolute atomic E-state index is 12.7. The molecule has 150 valence electrons. The fourth-order valence-corrected chi connectivity index (χ4v) is 6.09. The van der Waals surface area contributed by atoms with Gasteiger partial charge in [0, 0.05) is 30.6 Å². The topological polar surface area (TPSA) is 122 Å². The zero-order chi connectivity index (χ0) is 20.0. The highest BCUT2D eigenvalue weighted by molar-refractivity contribution is 7.99. The van der Waals surface area contributed by atoms with E-state index in [2.05, 4.69) is 5.32 Å². The molecule has 9 nitrogen and oxygen atoms in total. The van der Waals surface area contributed by atoms with Crippen LogP contribution in [0.2, 0.25) is 0 Å². The van der Waals surface area contributed by atoms with Crippen molar-refractivity contribution in [3.8, 4) is 0 Å². The lowest BCUT2D eigenvalue weighted by Crippen LogP contribution is -2.44. The maximum atomic E-state index is 12.7. The number of carbonyl (C=O) groups is 3. The molecule has 27 heavy (non-hydrogen) atoms. The predicted octanol–water partition coefficient (Wildman–Crippen LogP) is 0.877. The van der Waals surface area contributed by atoms with E-state index in [9.17, 15) is 22.8 Å². The van der Waals surface area contributed by atoms with Gasteiger partial charge >= 0.3 is 12.0 Å². The second-order valence-electron chi connectivity index (χ2n) is 5.88. The van der Waals surface area contributed by atoms with Gasteiger partial charge < -0.3 is 10.1 Å². The molecule has 0 radical (unpaired) electrons. The molecule has 1 aromatic heterocycles. The molecule has 2 heterocycles.